The van der Waals surface area contributed by atoms with Crippen molar-refractivity contribution in [3.05, 3.63) is 29.3 Å². The lowest BCUT2D eigenvalue weighted by molar-refractivity contribution is -0.119. The number of carbonyl (C=O) groups excluding carboxylic acids is 1. The molecule has 1 fully saturated rings. The second-order valence-electron chi connectivity index (χ2n) is 4.60. The third-order valence-electron chi connectivity index (χ3n) is 3.28. The van der Waals surface area contributed by atoms with Gasteiger partial charge in [0.2, 0.25) is 5.91 Å². The van der Waals surface area contributed by atoms with E-state index in [1.807, 2.05) is 0 Å². The monoisotopic (exact) mass is 269 g/mol. The van der Waals surface area contributed by atoms with E-state index in [9.17, 15) is 13.6 Å². The van der Waals surface area contributed by atoms with E-state index in [1.54, 1.807) is 0 Å². The maximum Gasteiger partial charge on any atom is 0.238 e. The maximum absolute atomic E-state index is 13.6. The molecule has 0 atom stereocenters. The van der Waals surface area contributed by atoms with Gasteiger partial charge in [-0.3, -0.25) is 4.79 Å². The van der Waals surface area contributed by atoms with Gasteiger partial charge in [-0.05, 0) is 31.4 Å². The van der Waals surface area contributed by atoms with E-state index in [4.69, 9.17) is 10.9 Å². The highest BCUT2D eigenvalue weighted by atomic mass is 19.1. The van der Waals surface area contributed by atoms with Crippen LogP contribution in [0.3, 0.4) is 0 Å². The van der Waals surface area contributed by atoms with E-state index in [0.717, 1.165) is 12.1 Å². The molecule has 2 rings (SSSR count). The molecule has 0 bridgehead atoms. The number of rotatable bonds is 3. The Morgan fingerprint density at radius 2 is 2.05 bits per heavy atom. The summed E-state index contributed by atoms with van der Waals surface area (Å²) in [5.74, 6) is -2.18. The fraction of sp³-hybridized carbons (Fsp3) is 0.333. The van der Waals surface area contributed by atoms with E-state index in [-0.39, 0.29) is 17.1 Å². The van der Waals surface area contributed by atoms with Gasteiger partial charge >= 0.3 is 0 Å². The Morgan fingerprint density at radius 1 is 1.42 bits per heavy atom. The third kappa shape index (κ3) is 2.23. The molecule has 0 heterocycles. The normalized spacial score (nSPS) is 17.1. The molecular weight excluding hydrogens is 256 g/mol. The molecule has 1 saturated carbocycles. The number of halogens is 2. The summed E-state index contributed by atoms with van der Waals surface area (Å²) in [6, 6.07) is 1.90. The van der Waals surface area contributed by atoms with Crippen LogP contribution in [0.2, 0.25) is 0 Å². The van der Waals surface area contributed by atoms with Gasteiger partial charge in [-0.2, -0.15) is 0 Å². The highest BCUT2D eigenvalue weighted by Gasteiger charge is 2.54. The predicted octanol–water partition coefficient (Wildman–Crippen LogP) is 1.74. The molecule has 102 valence electrons. The number of anilines is 1. The molecule has 1 aromatic carbocycles. The Bertz CT molecular complexity index is 568. The number of hydrogen-bond acceptors (Lipinski definition) is 3. The van der Waals surface area contributed by atoms with Crippen molar-refractivity contribution in [3.8, 4) is 0 Å². The molecule has 1 aromatic rings. The number of aryl methyl sites for hydroxylation is 1. The van der Waals surface area contributed by atoms with Crippen LogP contribution in [0.1, 0.15) is 18.4 Å². The smallest absolute Gasteiger partial charge is 0.238 e. The minimum absolute atomic E-state index is 0.146. The van der Waals surface area contributed by atoms with E-state index >= 15 is 0 Å². The van der Waals surface area contributed by atoms with Crippen LogP contribution in [0.25, 0.3) is 0 Å². The summed E-state index contributed by atoms with van der Waals surface area (Å²) < 4.78 is 26.9. The summed E-state index contributed by atoms with van der Waals surface area (Å²) in [4.78, 5) is 12.0. The van der Waals surface area contributed by atoms with Gasteiger partial charge in [0.15, 0.2) is 5.84 Å². The van der Waals surface area contributed by atoms with Gasteiger partial charge in [-0.15, -0.1) is 0 Å². The summed E-state index contributed by atoms with van der Waals surface area (Å²) in [7, 11) is 0. The van der Waals surface area contributed by atoms with E-state index in [2.05, 4.69) is 10.5 Å². The van der Waals surface area contributed by atoms with Crippen LogP contribution < -0.4 is 11.1 Å². The van der Waals surface area contributed by atoms with Crippen molar-refractivity contribution in [2.45, 2.75) is 19.8 Å². The van der Waals surface area contributed by atoms with Gasteiger partial charge in [-0.25, -0.2) is 8.78 Å². The number of benzene rings is 1. The van der Waals surface area contributed by atoms with Crippen LogP contribution in [0, 0.1) is 24.0 Å². The Hall–Kier alpha value is -2.18. The van der Waals surface area contributed by atoms with Gasteiger partial charge in [0.05, 0.1) is 5.69 Å². The highest BCUT2D eigenvalue weighted by Crippen LogP contribution is 2.46. The molecule has 0 unspecified atom stereocenters. The molecule has 0 aromatic heterocycles. The van der Waals surface area contributed by atoms with Gasteiger partial charge in [0.25, 0.3) is 0 Å². The number of nitrogens with two attached hydrogens (primary N) is 1. The lowest BCUT2D eigenvalue weighted by atomic mass is 10.0. The van der Waals surface area contributed by atoms with Crippen molar-refractivity contribution in [3.63, 3.8) is 0 Å². The molecule has 1 aliphatic carbocycles. The van der Waals surface area contributed by atoms with Crippen molar-refractivity contribution < 1.29 is 18.8 Å². The minimum Gasteiger partial charge on any atom is -0.409 e. The number of hydrogen-bond donors (Lipinski definition) is 3. The second kappa shape index (κ2) is 4.49. The first-order valence-electron chi connectivity index (χ1n) is 5.66. The Labute approximate surface area is 108 Å². The lowest BCUT2D eigenvalue weighted by Crippen LogP contribution is -2.36. The van der Waals surface area contributed by atoms with Gasteiger partial charge in [0.1, 0.15) is 17.0 Å². The molecule has 1 aliphatic rings. The zero-order valence-electron chi connectivity index (χ0n) is 10.2. The standard InChI is InChI=1S/C12H13F2N3O2/c1-6-4-8(14)9(5-7(6)13)16-11(18)12(2-3-12)10(15)17-19/h4-5,19H,2-3H2,1H3,(H2,15,17)(H,16,18). The number of nitrogens with one attached hydrogen (secondary N) is 1. The van der Waals surface area contributed by atoms with E-state index < -0.39 is 23.0 Å². The number of carbonyl (C=O) groups is 1. The fourth-order valence-corrected chi connectivity index (χ4v) is 1.80. The molecule has 1 amide bonds. The molecule has 0 aliphatic heterocycles. The predicted molar refractivity (Wildman–Crippen MR) is 64.8 cm³/mol. The molecule has 4 N–H and O–H groups in total. The highest BCUT2D eigenvalue weighted by molar-refractivity contribution is 6.14. The van der Waals surface area contributed by atoms with Crippen LogP contribution in [-0.4, -0.2) is 17.0 Å². The van der Waals surface area contributed by atoms with Gasteiger partial charge in [-0.1, -0.05) is 5.16 Å². The molecule has 7 heteroatoms. The van der Waals surface area contributed by atoms with Crippen molar-refractivity contribution in [2.24, 2.45) is 16.3 Å². The summed E-state index contributed by atoms with van der Waals surface area (Å²) in [5, 5.41) is 13.7. The van der Waals surface area contributed by atoms with Gasteiger partial charge < -0.3 is 16.3 Å². The first kappa shape index (κ1) is 13.3. The minimum atomic E-state index is -1.11. The zero-order valence-corrected chi connectivity index (χ0v) is 10.2. The number of nitrogens with zero attached hydrogens (tertiary/aromatic N) is 1. The van der Waals surface area contributed by atoms with Crippen molar-refractivity contribution in [2.75, 3.05) is 5.32 Å². The zero-order chi connectivity index (χ0) is 14.2. The molecule has 0 spiro atoms. The molecular formula is C12H13F2N3O2. The molecule has 0 saturated heterocycles. The van der Waals surface area contributed by atoms with Crippen molar-refractivity contribution in [1.82, 2.24) is 0 Å². The fourth-order valence-electron chi connectivity index (χ4n) is 1.80. The largest absolute Gasteiger partial charge is 0.409 e. The van der Waals surface area contributed by atoms with Crippen LogP contribution in [0.15, 0.2) is 17.3 Å². The summed E-state index contributed by atoms with van der Waals surface area (Å²) >= 11 is 0. The van der Waals surface area contributed by atoms with Crippen LogP contribution >= 0.6 is 0 Å². The van der Waals surface area contributed by atoms with Crippen molar-refractivity contribution in [1.29, 1.82) is 0 Å². The van der Waals surface area contributed by atoms with Crippen molar-refractivity contribution >= 4 is 17.4 Å². The first-order valence-corrected chi connectivity index (χ1v) is 5.66. The average molecular weight is 269 g/mol. The number of amides is 1. The molecule has 0 radical (unpaired) electrons. The third-order valence-corrected chi connectivity index (χ3v) is 3.28. The Morgan fingerprint density at radius 3 is 2.58 bits per heavy atom. The Kier molecular flexibility index (Phi) is 3.13. The molecule has 5 nitrogen and oxygen atoms in total. The summed E-state index contributed by atoms with van der Waals surface area (Å²) in [6.45, 7) is 1.42. The molecule has 19 heavy (non-hydrogen) atoms. The van der Waals surface area contributed by atoms with E-state index in [0.29, 0.717) is 12.8 Å². The average Bonchev–Trinajstić information content (AvgIpc) is 3.16. The van der Waals surface area contributed by atoms with Crippen LogP contribution in [0.5, 0.6) is 0 Å². The van der Waals surface area contributed by atoms with Gasteiger partial charge in [0, 0.05) is 6.07 Å². The summed E-state index contributed by atoms with van der Waals surface area (Å²) in [6.07, 6.45) is 0.815. The van der Waals surface area contributed by atoms with Crippen LogP contribution in [0.4, 0.5) is 14.5 Å². The van der Waals surface area contributed by atoms with Crippen LogP contribution in [-0.2, 0) is 4.79 Å². The topological polar surface area (TPSA) is 87.7 Å². The second-order valence-corrected chi connectivity index (χ2v) is 4.60. The first-order chi connectivity index (χ1) is 8.90. The SMILES string of the molecule is Cc1cc(F)c(NC(=O)C2(/C(N)=N/O)CC2)cc1F. The summed E-state index contributed by atoms with van der Waals surface area (Å²) in [5.41, 5.74) is 4.21. The van der Waals surface area contributed by atoms with E-state index in [1.165, 1.54) is 6.92 Å². The number of oxime groups is 1. The Balaban J connectivity index is 2.23. The quantitative estimate of drug-likeness (QED) is 0.338. The lowest BCUT2D eigenvalue weighted by Gasteiger charge is -2.14. The number of amidine groups is 1. The maximum atomic E-state index is 13.6.